The van der Waals surface area contributed by atoms with Gasteiger partial charge in [-0.2, -0.15) is 0 Å². The Hall–Kier alpha value is -3.19. The van der Waals surface area contributed by atoms with Crippen molar-refractivity contribution in [3.8, 4) is 5.75 Å². The molecule has 0 saturated heterocycles. The second-order valence-electron chi connectivity index (χ2n) is 6.39. The molecule has 3 rings (SSSR count). The van der Waals surface area contributed by atoms with Gasteiger partial charge in [0.25, 0.3) is 5.91 Å². The molecule has 154 valence electrons. The van der Waals surface area contributed by atoms with Gasteiger partial charge in [-0.15, -0.1) is 0 Å². The van der Waals surface area contributed by atoms with Crippen molar-refractivity contribution < 1.29 is 23.5 Å². The highest BCUT2D eigenvalue weighted by Gasteiger charge is 2.12. The van der Waals surface area contributed by atoms with Crippen LogP contribution in [0.5, 0.6) is 5.75 Å². The number of esters is 1. The molecule has 3 aromatic rings. The van der Waals surface area contributed by atoms with Crippen LogP contribution >= 0.6 is 15.9 Å². The Morgan fingerprint density at radius 2 is 1.67 bits per heavy atom. The van der Waals surface area contributed by atoms with E-state index in [-0.39, 0.29) is 0 Å². The fourth-order valence-corrected chi connectivity index (χ4v) is 3.18. The van der Waals surface area contributed by atoms with Gasteiger partial charge in [-0.3, -0.25) is 4.79 Å². The summed E-state index contributed by atoms with van der Waals surface area (Å²) in [5.74, 6) is -1.29. The Kier molecular flexibility index (Phi) is 7.57. The fourth-order valence-electron chi connectivity index (χ4n) is 2.72. The van der Waals surface area contributed by atoms with Gasteiger partial charge in [-0.1, -0.05) is 48.5 Å². The number of carbonyl (C=O) groups excluding carboxylic acids is 2. The van der Waals surface area contributed by atoms with Crippen LogP contribution in [0.25, 0.3) is 0 Å². The SMILES string of the molecule is O=C(COC(=O)COc1ccc(F)cc1Br)Nc1ccccc1Cc1ccccc1. The maximum Gasteiger partial charge on any atom is 0.344 e. The Morgan fingerprint density at radius 3 is 2.43 bits per heavy atom. The zero-order chi connectivity index (χ0) is 21.3. The minimum Gasteiger partial charge on any atom is -0.481 e. The van der Waals surface area contributed by atoms with Gasteiger partial charge >= 0.3 is 5.97 Å². The average Bonchev–Trinajstić information content (AvgIpc) is 2.74. The minimum absolute atomic E-state index is 0.299. The van der Waals surface area contributed by atoms with Crippen LogP contribution in [0.2, 0.25) is 0 Å². The maximum absolute atomic E-state index is 13.1. The van der Waals surface area contributed by atoms with Crippen LogP contribution in [0, 0.1) is 5.82 Å². The van der Waals surface area contributed by atoms with Gasteiger partial charge in [-0.05, 0) is 57.7 Å². The van der Waals surface area contributed by atoms with Gasteiger partial charge in [0.15, 0.2) is 13.2 Å². The van der Waals surface area contributed by atoms with Gasteiger partial charge < -0.3 is 14.8 Å². The predicted octanol–water partition coefficient (Wildman–Crippen LogP) is 4.74. The average molecular weight is 472 g/mol. The van der Waals surface area contributed by atoms with Crippen LogP contribution in [0.4, 0.5) is 10.1 Å². The van der Waals surface area contributed by atoms with E-state index < -0.39 is 30.9 Å². The summed E-state index contributed by atoms with van der Waals surface area (Å²) in [6.07, 6.45) is 0.664. The van der Waals surface area contributed by atoms with Crippen LogP contribution < -0.4 is 10.1 Å². The first-order valence-electron chi connectivity index (χ1n) is 9.16. The van der Waals surface area contributed by atoms with Gasteiger partial charge in [0.1, 0.15) is 11.6 Å². The van der Waals surface area contributed by atoms with E-state index in [0.29, 0.717) is 22.3 Å². The zero-order valence-electron chi connectivity index (χ0n) is 15.9. The smallest absolute Gasteiger partial charge is 0.344 e. The van der Waals surface area contributed by atoms with Crippen molar-refractivity contribution in [1.29, 1.82) is 0 Å². The van der Waals surface area contributed by atoms with E-state index in [1.165, 1.54) is 18.2 Å². The Labute approximate surface area is 182 Å². The Bertz CT molecular complexity index is 1030. The number of para-hydroxylation sites is 1. The molecule has 0 fully saturated rings. The number of hydrogen-bond acceptors (Lipinski definition) is 4. The molecule has 0 saturated carbocycles. The number of rotatable bonds is 8. The van der Waals surface area contributed by atoms with Crippen molar-refractivity contribution in [2.24, 2.45) is 0 Å². The van der Waals surface area contributed by atoms with E-state index >= 15 is 0 Å². The van der Waals surface area contributed by atoms with Crippen molar-refractivity contribution in [3.63, 3.8) is 0 Å². The zero-order valence-corrected chi connectivity index (χ0v) is 17.5. The molecule has 0 radical (unpaired) electrons. The molecule has 1 amide bonds. The largest absolute Gasteiger partial charge is 0.481 e. The lowest BCUT2D eigenvalue weighted by Crippen LogP contribution is -2.24. The van der Waals surface area contributed by atoms with E-state index in [0.717, 1.165) is 11.1 Å². The van der Waals surface area contributed by atoms with Crippen molar-refractivity contribution >= 4 is 33.5 Å². The summed E-state index contributed by atoms with van der Waals surface area (Å²) in [6.45, 7) is -0.839. The van der Waals surface area contributed by atoms with Gasteiger partial charge in [-0.25, -0.2) is 9.18 Å². The number of amides is 1. The van der Waals surface area contributed by atoms with Crippen LogP contribution in [0.3, 0.4) is 0 Å². The molecular formula is C23H19BrFNO4. The first kappa shape index (κ1) is 21.5. The van der Waals surface area contributed by atoms with Crippen LogP contribution in [0.15, 0.2) is 77.3 Å². The molecule has 0 spiro atoms. The van der Waals surface area contributed by atoms with Crippen molar-refractivity contribution in [1.82, 2.24) is 0 Å². The number of halogens is 2. The lowest BCUT2D eigenvalue weighted by atomic mass is 10.0. The number of carbonyl (C=O) groups is 2. The molecule has 0 aliphatic rings. The number of ether oxygens (including phenoxy) is 2. The molecular weight excluding hydrogens is 453 g/mol. The summed E-state index contributed by atoms with van der Waals surface area (Å²) < 4.78 is 23.7. The van der Waals surface area contributed by atoms with E-state index in [9.17, 15) is 14.0 Å². The third-order valence-electron chi connectivity index (χ3n) is 4.13. The highest BCUT2D eigenvalue weighted by atomic mass is 79.9. The highest BCUT2D eigenvalue weighted by molar-refractivity contribution is 9.10. The summed E-state index contributed by atoms with van der Waals surface area (Å²) in [5, 5.41) is 2.77. The Balaban J connectivity index is 1.49. The van der Waals surface area contributed by atoms with E-state index in [4.69, 9.17) is 9.47 Å². The lowest BCUT2D eigenvalue weighted by molar-refractivity contribution is -0.149. The summed E-state index contributed by atoms with van der Waals surface area (Å²) >= 11 is 3.15. The topological polar surface area (TPSA) is 64.6 Å². The quantitative estimate of drug-likeness (QED) is 0.481. The van der Waals surface area contributed by atoms with Crippen LogP contribution in [0.1, 0.15) is 11.1 Å². The predicted molar refractivity (Wildman–Crippen MR) is 115 cm³/mol. The molecule has 30 heavy (non-hydrogen) atoms. The third kappa shape index (κ3) is 6.42. The standard InChI is InChI=1S/C23H19BrFNO4/c24-19-13-18(25)10-11-21(19)29-15-23(28)30-14-22(27)26-20-9-5-4-8-17(20)12-16-6-2-1-3-7-16/h1-11,13H,12,14-15H2,(H,26,27). The van der Waals surface area contributed by atoms with Gasteiger partial charge in [0.05, 0.1) is 4.47 Å². The molecule has 0 unspecified atom stereocenters. The molecule has 7 heteroatoms. The molecule has 0 aliphatic heterocycles. The Morgan fingerprint density at radius 1 is 0.933 bits per heavy atom. The van der Waals surface area contributed by atoms with Crippen molar-refractivity contribution in [2.75, 3.05) is 18.5 Å². The highest BCUT2D eigenvalue weighted by Crippen LogP contribution is 2.25. The fraction of sp³-hybridized carbons (Fsp3) is 0.130. The van der Waals surface area contributed by atoms with Crippen molar-refractivity contribution in [2.45, 2.75) is 6.42 Å². The van der Waals surface area contributed by atoms with E-state index in [2.05, 4.69) is 21.2 Å². The van der Waals surface area contributed by atoms with Gasteiger partial charge in [0.2, 0.25) is 0 Å². The number of benzene rings is 3. The molecule has 5 nitrogen and oxygen atoms in total. The summed E-state index contributed by atoms with van der Waals surface area (Å²) in [5.41, 5.74) is 2.73. The number of nitrogens with one attached hydrogen (secondary N) is 1. The molecule has 0 aliphatic carbocycles. The lowest BCUT2D eigenvalue weighted by Gasteiger charge is -2.12. The third-order valence-corrected chi connectivity index (χ3v) is 4.75. The number of hydrogen-bond donors (Lipinski definition) is 1. The second-order valence-corrected chi connectivity index (χ2v) is 7.25. The first-order chi connectivity index (χ1) is 14.5. The second kappa shape index (κ2) is 10.5. The number of anilines is 1. The molecule has 0 aromatic heterocycles. The molecule has 0 heterocycles. The monoisotopic (exact) mass is 471 g/mol. The summed E-state index contributed by atoms with van der Waals surface area (Å²) in [4.78, 5) is 24.1. The van der Waals surface area contributed by atoms with Gasteiger partial charge in [0, 0.05) is 5.69 Å². The van der Waals surface area contributed by atoms with Crippen LogP contribution in [-0.2, 0) is 20.7 Å². The van der Waals surface area contributed by atoms with Crippen molar-refractivity contribution in [3.05, 3.63) is 94.2 Å². The summed E-state index contributed by atoms with van der Waals surface area (Å²) in [7, 11) is 0. The minimum atomic E-state index is -0.709. The first-order valence-corrected chi connectivity index (χ1v) is 9.96. The maximum atomic E-state index is 13.1. The molecule has 1 N–H and O–H groups in total. The van der Waals surface area contributed by atoms with E-state index in [1.807, 2.05) is 48.5 Å². The molecule has 3 aromatic carbocycles. The normalized spacial score (nSPS) is 10.3. The molecule has 0 bridgehead atoms. The molecule has 0 atom stereocenters. The summed E-state index contributed by atoms with van der Waals surface area (Å²) in [6, 6.07) is 21.2. The van der Waals surface area contributed by atoms with Crippen LogP contribution in [-0.4, -0.2) is 25.1 Å². The van der Waals surface area contributed by atoms with E-state index in [1.54, 1.807) is 6.07 Å².